The third-order valence-corrected chi connectivity index (χ3v) is 3.36. The minimum absolute atomic E-state index is 0.0569. The molecule has 0 fully saturated rings. The van der Waals surface area contributed by atoms with E-state index in [4.69, 9.17) is 0 Å². The third-order valence-electron chi connectivity index (χ3n) is 3.36. The molecule has 0 saturated heterocycles. The van der Waals surface area contributed by atoms with E-state index in [1.54, 1.807) is 18.3 Å². The number of nitrogens with zero attached hydrogens (tertiary/aromatic N) is 1. The van der Waals surface area contributed by atoms with E-state index in [1.165, 1.54) is 0 Å². The van der Waals surface area contributed by atoms with Crippen molar-refractivity contribution in [3.8, 4) is 5.75 Å². The summed E-state index contributed by atoms with van der Waals surface area (Å²) in [4.78, 5) is 4.38. The number of benzene rings is 2. The first kappa shape index (κ1) is 12.4. The molecule has 2 heteroatoms. The SMILES string of the molecule is Oc1cccnc1C(c1ccccc1)c1ccccc1. The van der Waals surface area contributed by atoms with Crippen LogP contribution in [0.3, 0.4) is 0 Å². The first-order valence-corrected chi connectivity index (χ1v) is 6.60. The highest BCUT2D eigenvalue weighted by Crippen LogP contribution is 2.34. The summed E-state index contributed by atoms with van der Waals surface area (Å²) in [5.74, 6) is 0.170. The highest BCUT2D eigenvalue weighted by atomic mass is 16.3. The maximum atomic E-state index is 10.1. The molecule has 98 valence electrons. The van der Waals surface area contributed by atoms with Crippen LogP contribution in [0.15, 0.2) is 79.0 Å². The van der Waals surface area contributed by atoms with Gasteiger partial charge in [0, 0.05) is 6.20 Å². The minimum Gasteiger partial charge on any atom is -0.506 e. The lowest BCUT2D eigenvalue weighted by Crippen LogP contribution is -2.05. The fourth-order valence-corrected chi connectivity index (χ4v) is 2.43. The maximum absolute atomic E-state index is 10.1. The summed E-state index contributed by atoms with van der Waals surface area (Å²) >= 11 is 0. The van der Waals surface area contributed by atoms with Gasteiger partial charge in [-0.3, -0.25) is 4.98 Å². The molecule has 0 radical (unpaired) electrons. The molecule has 0 spiro atoms. The molecule has 1 aromatic heterocycles. The highest BCUT2D eigenvalue weighted by Gasteiger charge is 2.20. The van der Waals surface area contributed by atoms with Crippen LogP contribution in [0.1, 0.15) is 22.7 Å². The maximum Gasteiger partial charge on any atom is 0.138 e. The van der Waals surface area contributed by atoms with Crippen LogP contribution in [0.4, 0.5) is 0 Å². The van der Waals surface area contributed by atoms with Crippen LogP contribution in [-0.2, 0) is 0 Å². The van der Waals surface area contributed by atoms with E-state index >= 15 is 0 Å². The van der Waals surface area contributed by atoms with Crippen LogP contribution in [0.25, 0.3) is 0 Å². The van der Waals surface area contributed by atoms with Gasteiger partial charge in [-0.15, -0.1) is 0 Å². The van der Waals surface area contributed by atoms with Crippen molar-refractivity contribution in [3.05, 3.63) is 95.8 Å². The second-order valence-corrected chi connectivity index (χ2v) is 4.66. The van der Waals surface area contributed by atoms with Crippen molar-refractivity contribution in [2.24, 2.45) is 0 Å². The van der Waals surface area contributed by atoms with E-state index in [1.807, 2.05) is 36.4 Å². The molecule has 3 aromatic rings. The number of hydrogen-bond donors (Lipinski definition) is 1. The van der Waals surface area contributed by atoms with Crippen molar-refractivity contribution >= 4 is 0 Å². The van der Waals surface area contributed by atoms with E-state index in [9.17, 15) is 5.11 Å². The Kier molecular flexibility index (Phi) is 3.46. The largest absolute Gasteiger partial charge is 0.506 e. The molecule has 1 N–H and O–H groups in total. The summed E-state index contributed by atoms with van der Waals surface area (Å²) in [7, 11) is 0. The van der Waals surface area contributed by atoms with Crippen LogP contribution in [0.5, 0.6) is 5.75 Å². The third kappa shape index (κ3) is 2.41. The number of pyridine rings is 1. The summed E-state index contributed by atoms with van der Waals surface area (Å²) in [6.45, 7) is 0. The monoisotopic (exact) mass is 261 g/mol. The van der Waals surface area contributed by atoms with E-state index in [2.05, 4.69) is 29.2 Å². The summed E-state index contributed by atoms with van der Waals surface area (Å²) in [5.41, 5.74) is 2.92. The Bertz CT molecular complexity index is 641. The van der Waals surface area contributed by atoms with Crippen LogP contribution in [0, 0.1) is 0 Å². The van der Waals surface area contributed by atoms with Crippen molar-refractivity contribution in [2.45, 2.75) is 5.92 Å². The molecule has 0 atom stereocenters. The van der Waals surface area contributed by atoms with E-state index in [-0.39, 0.29) is 11.7 Å². The quantitative estimate of drug-likeness (QED) is 0.774. The first-order valence-electron chi connectivity index (χ1n) is 6.60. The van der Waals surface area contributed by atoms with Gasteiger partial charge in [-0.2, -0.15) is 0 Å². The van der Waals surface area contributed by atoms with Gasteiger partial charge in [0.15, 0.2) is 0 Å². The van der Waals surface area contributed by atoms with Crippen LogP contribution < -0.4 is 0 Å². The van der Waals surface area contributed by atoms with Gasteiger partial charge in [0.2, 0.25) is 0 Å². The zero-order valence-electron chi connectivity index (χ0n) is 11.0. The Morgan fingerprint density at radius 1 is 0.700 bits per heavy atom. The predicted octanol–water partition coefficient (Wildman–Crippen LogP) is 3.97. The van der Waals surface area contributed by atoms with E-state index < -0.39 is 0 Å². The van der Waals surface area contributed by atoms with Crippen molar-refractivity contribution in [3.63, 3.8) is 0 Å². The summed E-state index contributed by atoms with van der Waals surface area (Å²) in [6, 6.07) is 23.7. The summed E-state index contributed by atoms with van der Waals surface area (Å²) in [5, 5.41) is 10.1. The average molecular weight is 261 g/mol. The van der Waals surface area contributed by atoms with Gasteiger partial charge in [0.1, 0.15) is 5.75 Å². The highest BCUT2D eigenvalue weighted by molar-refractivity contribution is 5.44. The molecule has 0 aliphatic carbocycles. The fourth-order valence-electron chi connectivity index (χ4n) is 2.43. The standard InChI is InChI=1S/C18H15NO/c20-16-12-7-13-19-18(16)17(14-8-3-1-4-9-14)15-10-5-2-6-11-15/h1-13,17,20H. The Hall–Kier alpha value is -2.61. The Morgan fingerprint density at radius 2 is 1.25 bits per heavy atom. The number of rotatable bonds is 3. The van der Waals surface area contributed by atoms with Gasteiger partial charge in [0.05, 0.1) is 11.6 Å². The fraction of sp³-hybridized carbons (Fsp3) is 0.0556. The topological polar surface area (TPSA) is 33.1 Å². The van der Waals surface area contributed by atoms with Crippen molar-refractivity contribution < 1.29 is 5.11 Å². The molecule has 2 nitrogen and oxygen atoms in total. The van der Waals surface area contributed by atoms with Crippen LogP contribution in [0.2, 0.25) is 0 Å². The lowest BCUT2D eigenvalue weighted by Gasteiger charge is -2.18. The lowest BCUT2D eigenvalue weighted by molar-refractivity contribution is 0.463. The number of hydrogen-bond acceptors (Lipinski definition) is 2. The Labute approximate surface area is 118 Å². The molecule has 20 heavy (non-hydrogen) atoms. The first-order chi connectivity index (χ1) is 9.86. The molecule has 0 bridgehead atoms. The van der Waals surface area contributed by atoms with Gasteiger partial charge in [-0.25, -0.2) is 0 Å². The van der Waals surface area contributed by atoms with Crippen molar-refractivity contribution in [1.82, 2.24) is 4.98 Å². The van der Waals surface area contributed by atoms with E-state index in [0.717, 1.165) is 11.1 Å². The molecule has 3 rings (SSSR count). The van der Waals surface area contributed by atoms with Gasteiger partial charge in [-0.1, -0.05) is 60.7 Å². The molecular weight excluding hydrogens is 246 g/mol. The molecule has 0 unspecified atom stereocenters. The van der Waals surface area contributed by atoms with Crippen molar-refractivity contribution in [1.29, 1.82) is 0 Å². The molecule has 0 saturated carbocycles. The zero-order chi connectivity index (χ0) is 13.8. The second kappa shape index (κ2) is 5.57. The normalized spacial score (nSPS) is 10.7. The van der Waals surface area contributed by atoms with Crippen LogP contribution in [-0.4, -0.2) is 10.1 Å². The van der Waals surface area contributed by atoms with E-state index in [0.29, 0.717) is 5.69 Å². The van der Waals surface area contributed by atoms with Gasteiger partial charge < -0.3 is 5.11 Å². The molecular formula is C18H15NO. The molecule has 0 aliphatic heterocycles. The van der Waals surface area contributed by atoms with Gasteiger partial charge in [-0.05, 0) is 23.3 Å². The number of aromatic nitrogens is 1. The van der Waals surface area contributed by atoms with Crippen LogP contribution >= 0.6 is 0 Å². The Morgan fingerprint density at radius 3 is 1.75 bits per heavy atom. The molecule has 1 heterocycles. The summed E-state index contributed by atoms with van der Waals surface area (Å²) < 4.78 is 0. The van der Waals surface area contributed by atoms with Gasteiger partial charge >= 0.3 is 0 Å². The minimum atomic E-state index is -0.0569. The summed E-state index contributed by atoms with van der Waals surface area (Å²) in [6.07, 6.45) is 1.72. The molecule has 0 amide bonds. The zero-order valence-corrected chi connectivity index (χ0v) is 11.0. The average Bonchev–Trinajstić information content (AvgIpc) is 2.52. The molecule has 2 aromatic carbocycles. The number of aromatic hydroxyl groups is 1. The lowest BCUT2D eigenvalue weighted by atomic mass is 9.88. The Balaban J connectivity index is 2.17. The smallest absolute Gasteiger partial charge is 0.138 e. The van der Waals surface area contributed by atoms with Crippen molar-refractivity contribution in [2.75, 3.05) is 0 Å². The second-order valence-electron chi connectivity index (χ2n) is 4.66. The molecule has 0 aliphatic rings. The van der Waals surface area contributed by atoms with Gasteiger partial charge in [0.25, 0.3) is 0 Å². The predicted molar refractivity (Wildman–Crippen MR) is 79.7 cm³/mol.